The van der Waals surface area contributed by atoms with Crippen LogP contribution in [0.4, 0.5) is 0 Å². The Bertz CT molecular complexity index is 147. The summed E-state index contributed by atoms with van der Waals surface area (Å²) in [5, 5.41) is 9.47. The summed E-state index contributed by atoms with van der Waals surface area (Å²) in [6.45, 7) is 8.93. The molecule has 0 heterocycles. The highest BCUT2D eigenvalue weighted by Crippen LogP contribution is 2.40. The van der Waals surface area contributed by atoms with Crippen molar-refractivity contribution in [2.75, 3.05) is 0 Å². The van der Waals surface area contributed by atoms with Crippen molar-refractivity contribution < 1.29 is 5.11 Å². The predicted molar refractivity (Wildman–Crippen MR) is 56.6 cm³/mol. The van der Waals surface area contributed by atoms with Gasteiger partial charge in [0.25, 0.3) is 0 Å². The second kappa shape index (κ2) is 4.00. The van der Waals surface area contributed by atoms with Gasteiger partial charge in [0.15, 0.2) is 0 Å². The van der Waals surface area contributed by atoms with Crippen molar-refractivity contribution in [2.45, 2.75) is 59.5 Å². The Morgan fingerprint density at radius 3 is 1.85 bits per heavy atom. The summed E-state index contributed by atoms with van der Waals surface area (Å²) < 4.78 is 0. The van der Waals surface area contributed by atoms with Gasteiger partial charge in [0.05, 0.1) is 6.10 Å². The van der Waals surface area contributed by atoms with Gasteiger partial charge in [-0.2, -0.15) is 0 Å². The van der Waals surface area contributed by atoms with Crippen LogP contribution in [0.2, 0.25) is 0 Å². The molecule has 1 atom stereocenters. The molecule has 1 fully saturated rings. The van der Waals surface area contributed by atoms with Gasteiger partial charge in [0.1, 0.15) is 0 Å². The molecular formula is C12H24O. The number of hydrogen-bond acceptors (Lipinski definition) is 1. The zero-order valence-corrected chi connectivity index (χ0v) is 9.51. The van der Waals surface area contributed by atoms with Crippen molar-refractivity contribution in [3.8, 4) is 0 Å². The van der Waals surface area contributed by atoms with Gasteiger partial charge in [0.2, 0.25) is 0 Å². The van der Waals surface area contributed by atoms with E-state index in [2.05, 4.69) is 20.8 Å². The Kier molecular flexibility index (Phi) is 3.39. The molecule has 1 saturated carbocycles. The molecule has 78 valence electrons. The van der Waals surface area contributed by atoms with Crippen LogP contribution in [0, 0.1) is 17.3 Å². The maximum atomic E-state index is 9.47. The van der Waals surface area contributed by atoms with Crippen molar-refractivity contribution in [2.24, 2.45) is 17.3 Å². The fourth-order valence-electron chi connectivity index (χ4n) is 2.47. The molecule has 1 nitrogen and oxygen atoms in total. The molecule has 0 amide bonds. The lowest BCUT2D eigenvalue weighted by Crippen LogP contribution is -2.29. The van der Waals surface area contributed by atoms with E-state index in [1.54, 1.807) is 0 Å². The zero-order valence-electron chi connectivity index (χ0n) is 9.51. The van der Waals surface area contributed by atoms with Crippen LogP contribution in [0.15, 0.2) is 0 Å². The smallest absolute Gasteiger partial charge is 0.0540 e. The molecule has 1 aliphatic carbocycles. The average molecular weight is 184 g/mol. The van der Waals surface area contributed by atoms with Crippen LogP contribution in [-0.4, -0.2) is 11.2 Å². The molecule has 13 heavy (non-hydrogen) atoms. The minimum absolute atomic E-state index is 0.0964. The Balaban J connectivity index is 2.39. The molecule has 0 aromatic heterocycles. The minimum Gasteiger partial charge on any atom is -0.393 e. The monoisotopic (exact) mass is 184 g/mol. The third-order valence-corrected chi connectivity index (χ3v) is 3.68. The predicted octanol–water partition coefficient (Wildman–Crippen LogP) is 3.22. The van der Waals surface area contributed by atoms with E-state index < -0.39 is 0 Å². The van der Waals surface area contributed by atoms with E-state index in [-0.39, 0.29) is 6.10 Å². The lowest BCUT2D eigenvalue weighted by molar-refractivity contribution is 0.0647. The van der Waals surface area contributed by atoms with Crippen molar-refractivity contribution in [1.82, 2.24) is 0 Å². The normalized spacial score (nSPS) is 33.0. The summed E-state index contributed by atoms with van der Waals surface area (Å²) >= 11 is 0. The second-order valence-electron chi connectivity index (χ2n) is 5.72. The van der Waals surface area contributed by atoms with E-state index in [1.165, 1.54) is 25.7 Å². The quantitative estimate of drug-likeness (QED) is 0.663. The van der Waals surface area contributed by atoms with Gasteiger partial charge >= 0.3 is 0 Å². The number of aliphatic hydroxyl groups is 1. The van der Waals surface area contributed by atoms with Gasteiger partial charge in [-0.05, 0) is 49.9 Å². The first-order chi connectivity index (χ1) is 5.91. The molecule has 0 aromatic rings. The average Bonchev–Trinajstić information content (AvgIpc) is 2.03. The molecule has 1 heteroatoms. The Labute approximate surface area is 82.5 Å². The molecule has 1 rings (SSSR count). The Hall–Kier alpha value is -0.0400. The van der Waals surface area contributed by atoms with Crippen LogP contribution < -0.4 is 0 Å². The van der Waals surface area contributed by atoms with Crippen molar-refractivity contribution in [1.29, 1.82) is 0 Å². The highest BCUT2D eigenvalue weighted by atomic mass is 16.3. The van der Waals surface area contributed by atoms with Gasteiger partial charge in [-0.1, -0.05) is 20.8 Å². The molecule has 0 bridgehead atoms. The topological polar surface area (TPSA) is 20.2 Å². The summed E-state index contributed by atoms with van der Waals surface area (Å²) in [6, 6.07) is 0. The lowest BCUT2D eigenvalue weighted by Gasteiger charge is -2.37. The van der Waals surface area contributed by atoms with Gasteiger partial charge in [-0.15, -0.1) is 0 Å². The van der Waals surface area contributed by atoms with Crippen LogP contribution in [0.5, 0.6) is 0 Å². The first-order valence-electron chi connectivity index (χ1n) is 5.59. The third-order valence-electron chi connectivity index (χ3n) is 3.68. The van der Waals surface area contributed by atoms with E-state index in [4.69, 9.17) is 0 Å². The van der Waals surface area contributed by atoms with Crippen LogP contribution in [-0.2, 0) is 0 Å². The van der Waals surface area contributed by atoms with Gasteiger partial charge in [0, 0.05) is 0 Å². The van der Waals surface area contributed by atoms with Gasteiger partial charge in [-0.25, -0.2) is 0 Å². The van der Waals surface area contributed by atoms with Crippen LogP contribution >= 0.6 is 0 Å². The standard InChI is InChI=1S/C12H24O/c1-9(13)10-5-7-11(8-6-10)12(2,3)4/h9-11,13H,5-8H2,1-4H3/t9?,10-,11+. The third kappa shape index (κ3) is 2.98. The minimum atomic E-state index is -0.0964. The fraction of sp³-hybridized carbons (Fsp3) is 1.00. The Morgan fingerprint density at radius 2 is 1.54 bits per heavy atom. The summed E-state index contributed by atoms with van der Waals surface area (Å²) in [7, 11) is 0. The second-order valence-corrected chi connectivity index (χ2v) is 5.72. The van der Waals surface area contributed by atoms with E-state index in [0.717, 1.165) is 5.92 Å². The van der Waals surface area contributed by atoms with Crippen molar-refractivity contribution >= 4 is 0 Å². The molecule has 1 N–H and O–H groups in total. The molecule has 1 aliphatic rings. The maximum Gasteiger partial charge on any atom is 0.0540 e. The number of aliphatic hydroxyl groups excluding tert-OH is 1. The molecule has 0 aliphatic heterocycles. The summed E-state index contributed by atoms with van der Waals surface area (Å²) in [6.07, 6.45) is 4.96. The van der Waals surface area contributed by atoms with Crippen molar-refractivity contribution in [3.63, 3.8) is 0 Å². The summed E-state index contributed by atoms with van der Waals surface area (Å²) in [4.78, 5) is 0. The van der Waals surface area contributed by atoms with E-state index >= 15 is 0 Å². The highest BCUT2D eigenvalue weighted by Gasteiger charge is 2.30. The lowest BCUT2D eigenvalue weighted by atomic mass is 9.69. The summed E-state index contributed by atoms with van der Waals surface area (Å²) in [5.74, 6) is 1.43. The first kappa shape index (κ1) is 11.0. The van der Waals surface area contributed by atoms with Crippen molar-refractivity contribution in [3.05, 3.63) is 0 Å². The van der Waals surface area contributed by atoms with Gasteiger partial charge < -0.3 is 5.11 Å². The molecule has 0 spiro atoms. The largest absolute Gasteiger partial charge is 0.393 e. The van der Waals surface area contributed by atoms with E-state index in [9.17, 15) is 5.11 Å². The molecule has 1 unspecified atom stereocenters. The maximum absolute atomic E-state index is 9.47. The number of hydrogen-bond donors (Lipinski definition) is 1. The highest BCUT2D eigenvalue weighted by molar-refractivity contribution is 4.81. The first-order valence-corrected chi connectivity index (χ1v) is 5.59. The van der Waals surface area contributed by atoms with E-state index in [1.807, 2.05) is 6.92 Å². The molecule has 0 saturated heterocycles. The Morgan fingerprint density at radius 1 is 1.08 bits per heavy atom. The van der Waals surface area contributed by atoms with Gasteiger partial charge in [-0.3, -0.25) is 0 Å². The molecule has 0 aromatic carbocycles. The number of rotatable bonds is 1. The molecular weight excluding hydrogens is 160 g/mol. The fourth-order valence-corrected chi connectivity index (χ4v) is 2.47. The zero-order chi connectivity index (χ0) is 10.1. The van der Waals surface area contributed by atoms with Crippen LogP contribution in [0.3, 0.4) is 0 Å². The van der Waals surface area contributed by atoms with Crippen LogP contribution in [0.1, 0.15) is 53.4 Å². The van der Waals surface area contributed by atoms with Crippen LogP contribution in [0.25, 0.3) is 0 Å². The molecule has 0 radical (unpaired) electrons. The SMILES string of the molecule is CC(O)[C@H]1CC[C@@H](C(C)(C)C)CC1. The summed E-state index contributed by atoms with van der Waals surface area (Å²) in [5.41, 5.74) is 0.462. The van der Waals surface area contributed by atoms with E-state index in [0.29, 0.717) is 11.3 Å².